The van der Waals surface area contributed by atoms with Gasteiger partial charge >= 0.3 is 0 Å². The van der Waals surface area contributed by atoms with E-state index in [0.717, 1.165) is 44.1 Å². The molecule has 0 saturated carbocycles. The summed E-state index contributed by atoms with van der Waals surface area (Å²) in [4.78, 5) is 10.5. The standard InChI is InChI=1S/C49H30N2O/c1-3-15-36(16-4-1)49(37-17-5-2-6-18-37)42-21-11-9-19-39(42)40-28-25-33-30-35(26-27-38(33)44(40)49)48-50-45(34-24-23-31-13-7-8-14-32(31)29-34)47-46(51-48)41-20-10-12-22-43(41)52-47/h1-30H. The van der Waals surface area contributed by atoms with Crippen LogP contribution in [0.15, 0.2) is 186 Å². The minimum absolute atomic E-state index is 0.482. The largest absolute Gasteiger partial charge is 0.452 e. The molecular formula is C49H30N2O. The first kappa shape index (κ1) is 28.9. The topological polar surface area (TPSA) is 38.9 Å². The van der Waals surface area contributed by atoms with Gasteiger partial charge < -0.3 is 4.42 Å². The number of hydrogen-bond acceptors (Lipinski definition) is 3. The van der Waals surface area contributed by atoms with Crippen molar-refractivity contribution in [2.24, 2.45) is 0 Å². The van der Waals surface area contributed by atoms with Crippen LogP contribution < -0.4 is 0 Å². The third kappa shape index (κ3) is 4.08. The number of nitrogens with zero attached hydrogens (tertiary/aromatic N) is 2. The molecule has 3 heteroatoms. The van der Waals surface area contributed by atoms with Crippen molar-refractivity contribution in [3.05, 3.63) is 204 Å². The van der Waals surface area contributed by atoms with E-state index in [0.29, 0.717) is 11.4 Å². The summed E-state index contributed by atoms with van der Waals surface area (Å²) >= 11 is 0. The van der Waals surface area contributed by atoms with E-state index in [1.54, 1.807) is 0 Å². The predicted molar refractivity (Wildman–Crippen MR) is 212 cm³/mol. The quantitative estimate of drug-likeness (QED) is 0.188. The molecule has 1 aliphatic rings. The maximum atomic E-state index is 6.47. The monoisotopic (exact) mass is 662 g/mol. The second kappa shape index (κ2) is 11.1. The Kier molecular flexibility index (Phi) is 6.17. The molecule has 242 valence electrons. The first-order valence-corrected chi connectivity index (χ1v) is 17.7. The molecule has 11 rings (SSSR count). The first-order valence-electron chi connectivity index (χ1n) is 17.7. The Bertz CT molecular complexity index is 2980. The van der Waals surface area contributed by atoms with Gasteiger partial charge in [-0.1, -0.05) is 158 Å². The maximum Gasteiger partial charge on any atom is 0.180 e. The fourth-order valence-electron chi connectivity index (χ4n) is 8.67. The van der Waals surface area contributed by atoms with Gasteiger partial charge in [-0.2, -0.15) is 0 Å². The molecule has 0 bridgehead atoms. The highest BCUT2D eigenvalue weighted by Crippen LogP contribution is 2.58. The lowest BCUT2D eigenvalue weighted by Gasteiger charge is -2.34. The van der Waals surface area contributed by atoms with E-state index >= 15 is 0 Å². The lowest BCUT2D eigenvalue weighted by molar-refractivity contribution is 0.667. The molecule has 0 unspecified atom stereocenters. The molecule has 0 N–H and O–H groups in total. The molecule has 8 aromatic carbocycles. The number of aromatic nitrogens is 2. The van der Waals surface area contributed by atoms with Gasteiger partial charge in [0.15, 0.2) is 11.4 Å². The lowest BCUT2D eigenvalue weighted by atomic mass is 9.66. The molecule has 1 aliphatic carbocycles. The Morgan fingerprint density at radius 3 is 1.92 bits per heavy atom. The maximum absolute atomic E-state index is 6.47. The molecular weight excluding hydrogens is 633 g/mol. The minimum Gasteiger partial charge on any atom is -0.452 e. The zero-order valence-electron chi connectivity index (χ0n) is 28.1. The summed E-state index contributed by atoms with van der Waals surface area (Å²) in [7, 11) is 0. The van der Waals surface area contributed by atoms with Crippen molar-refractivity contribution in [1.82, 2.24) is 9.97 Å². The number of furan rings is 1. The van der Waals surface area contributed by atoms with Gasteiger partial charge in [-0.15, -0.1) is 0 Å². The predicted octanol–water partition coefficient (Wildman–Crippen LogP) is 12.4. The van der Waals surface area contributed by atoms with Crippen molar-refractivity contribution in [3.8, 4) is 33.8 Å². The highest BCUT2D eigenvalue weighted by molar-refractivity contribution is 6.08. The summed E-state index contributed by atoms with van der Waals surface area (Å²) in [5, 5.41) is 5.69. The zero-order chi connectivity index (χ0) is 34.2. The van der Waals surface area contributed by atoms with Crippen LogP contribution in [0.5, 0.6) is 0 Å². The second-order valence-electron chi connectivity index (χ2n) is 13.7. The van der Waals surface area contributed by atoms with E-state index in [2.05, 4.69) is 164 Å². The number of hydrogen-bond donors (Lipinski definition) is 0. The van der Waals surface area contributed by atoms with Crippen LogP contribution in [0.25, 0.3) is 77.4 Å². The number of rotatable bonds is 4. The SMILES string of the molecule is c1ccc(C2(c3ccccc3)c3ccccc3-c3ccc4cc(-c5nc(-c6ccc7ccccc7c6)c6oc7ccccc7c6n5)ccc4c32)cc1. The van der Waals surface area contributed by atoms with Gasteiger partial charge in [-0.05, 0) is 79.2 Å². The summed E-state index contributed by atoms with van der Waals surface area (Å²) in [5.41, 5.74) is 12.3. The Labute approximate surface area is 300 Å². The summed E-state index contributed by atoms with van der Waals surface area (Å²) in [5.74, 6) is 0.672. The van der Waals surface area contributed by atoms with E-state index in [-0.39, 0.29) is 0 Å². The van der Waals surface area contributed by atoms with Crippen molar-refractivity contribution < 1.29 is 4.42 Å². The summed E-state index contributed by atoms with van der Waals surface area (Å²) < 4.78 is 6.47. The Morgan fingerprint density at radius 1 is 0.442 bits per heavy atom. The van der Waals surface area contributed by atoms with Gasteiger partial charge in [0.05, 0.1) is 5.41 Å². The van der Waals surface area contributed by atoms with Crippen molar-refractivity contribution in [1.29, 1.82) is 0 Å². The van der Waals surface area contributed by atoms with E-state index in [1.807, 2.05) is 18.2 Å². The molecule has 3 nitrogen and oxygen atoms in total. The molecule has 0 aliphatic heterocycles. The van der Waals surface area contributed by atoms with Crippen molar-refractivity contribution in [3.63, 3.8) is 0 Å². The summed E-state index contributed by atoms with van der Waals surface area (Å²) in [6, 6.07) is 65.2. The summed E-state index contributed by atoms with van der Waals surface area (Å²) in [6.45, 7) is 0. The molecule has 0 atom stereocenters. The zero-order valence-corrected chi connectivity index (χ0v) is 28.1. The Balaban J connectivity index is 1.17. The lowest BCUT2D eigenvalue weighted by Crippen LogP contribution is -2.28. The molecule has 52 heavy (non-hydrogen) atoms. The molecule has 10 aromatic rings. The molecule has 0 spiro atoms. The van der Waals surface area contributed by atoms with E-state index in [9.17, 15) is 0 Å². The van der Waals surface area contributed by atoms with Crippen LogP contribution in [0.1, 0.15) is 22.3 Å². The molecule has 0 saturated heterocycles. The van der Waals surface area contributed by atoms with Crippen LogP contribution in [-0.4, -0.2) is 9.97 Å². The third-order valence-corrected chi connectivity index (χ3v) is 10.9. The highest BCUT2D eigenvalue weighted by atomic mass is 16.3. The fraction of sp³-hybridized carbons (Fsp3) is 0.0204. The van der Waals surface area contributed by atoms with E-state index in [1.165, 1.54) is 44.2 Å². The van der Waals surface area contributed by atoms with Crippen molar-refractivity contribution >= 4 is 43.6 Å². The third-order valence-electron chi connectivity index (χ3n) is 10.9. The van der Waals surface area contributed by atoms with Crippen LogP contribution in [0.2, 0.25) is 0 Å². The van der Waals surface area contributed by atoms with Gasteiger partial charge in [0.2, 0.25) is 0 Å². The highest BCUT2D eigenvalue weighted by Gasteiger charge is 2.46. The Morgan fingerprint density at radius 2 is 1.10 bits per heavy atom. The molecule has 2 aromatic heterocycles. The number of fused-ring (bicyclic) bond motifs is 9. The van der Waals surface area contributed by atoms with Crippen molar-refractivity contribution in [2.75, 3.05) is 0 Å². The van der Waals surface area contributed by atoms with Gasteiger partial charge in [0.1, 0.15) is 16.8 Å². The van der Waals surface area contributed by atoms with Crippen LogP contribution in [-0.2, 0) is 5.41 Å². The Hall–Kier alpha value is -6.84. The average Bonchev–Trinajstić information content (AvgIpc) is 3.75. The molecule has 0 fully saturated rings. The van der Waals surface area contributed by atoms with E-state index in [4.69, 9.17) is 14.4 Å². The smallest absolute Gasteiger partial charge is 0.180 e. The van der Waals surface area contributed by atoms with Gasteiger partial charge in [0.25, 0.3) is 0 Å². The van der Waals surface area contributed by atoms with Crippen LogP contribution in [0, 0.1) is 0 Å². The van der Waals surface area contributed by atoms with Gasteiger partial charge in [0, 0.05) is 16.5 Å². The number of para-hydroxylation sites is 1. The minimum atomic E-state index is -0.482. The number of benzene rings is 8. The first-order chi connectivity index (χ1) is 25.8. The van der Waals surface area contributed by atoms with Crippen LogP contribution in [0.3, 0.4) is 0 Å². The van der Waals surface area contributed by atoms with Crippen LogP contribution in [0.4, 0.5) is 0 Å². The van der Waals surface area contributed by atoms with Gasteiger partial charge in [-0.25, -0.2) is 9.97 Å². The molecule has 0 radical (unpaired) electrons. The van der Waals surface area contributed by atoms with Crippen molar-refractivity contribution in [2.45, 2.75) is 5.41 Å². The van der Waals surface area contributed by atoms with E-state index < -0.39 is 5.41 Å². The molecule has 0 amide bonds. The van der Waals surface area contributed by atoms with Gasteiger partial charge in [-0.3, -0.25) is 0 Å². The summed E-state index contributed by atoms with van der Waals surface area (Å²) in [6.07, 6.45) is 0. The van der Waals surface area contributed by atoms with Crippen LogP contribution >= 0.6 is 0 Å². The normalized spacial score (nSPS) is 13.2. The second-order valence-corrected chi connectivity index (χ2v) is 13.7. The molecule has 2 heterocycles. The average molecular weight is 663 g/mol. The fourth-order valence-corrected chi connectivity index (χ4v) is 8.67.